The van der Waals surface area contributed by atoms with Crippen LogP contribution in [0.15, 0.2) is 18.3 Å². The van der Waals surface area contributed by atoms with Crippen molar-refractivity contribution in [1.29, 1.82) is 0 Å². The van der Waals surface area contributed by atoms with Crippen molar-refractivity contribution in [1.82, 2.24) is 10.3 Å². The molecule has 0 atom stereocenters. The number of methoxy groups -OCH3 is 1. The second-order valence-corrected chi connectivity index (χ2v) is 3.41. The first-order valence-electron chi connectivity index (χ1n) is 4.82. The largest absolute Gasteiger partial charge is 0.481 e. The summed E-state index contributed by atoms with van der Waals surface area (Å²) in [5, 5.41) is 4.58. The Morgan fingerprint density at radius 1 is 1.47 bits per heavy atom. The van der Waals surface area contributed by atoms with Gasteiger partial charge in [0, 0.05) is 18.4 Å². The number of ether oxygens (including phenoxy) is 1. The van der Waals surface area contributed by atoms with Crippen molar-refractivity contribution in [3.63, 3.8) is 0 Å². The van der Waals surface area contributed by atoms with Gasteiger partial charge in [-0.25, -0.2) is 9.78 Å². The Balaban J connectivity index is 2.47. The fourth-order valence-electron chi connectivity index (χ4n) is 1.01. The van der Waals surface area contributed by atoms with E-state index in [4.69, 9.17) is 16.3 Å². The first-order chi connectivity index (χ1) is 8.15. The van der Waals surface area contributed by atoms with E-state index in [1.165, 1.54) is 13.3 Å². The fourth-order valence-corrected chi connectivity index (χ4v) is 1.18. The van der Waals surface area contributed by atoms with Crippen LogP contribution in [0.5, 0.6) is 5.88 Å². The Hall–Kier alpha value is -1.82. The molecule has 17 heavy (non-hydrogen) atoms. The summed E-state index contributed by atoms with van der Waals surface area (Å²) in [6, 6.07) is 2.58. The molecule has 2 N–H and O–H groups in total. The van der Waals surface area contributed by atoms with E-state index in [1.54, 1.807) is 12.1 Å². The maximum absolute atomic E-state index is 11.3. The van der Waals surface area contributed by atoms with Gasteiger partial charge in [0.25, 0.3) is 0 Å². The highest BCUT2D eigenvalue weighted by atomic mass is 35.5. The minimum Gasteiger partial charge on any atom is -0.481 e. The van der Waals surface area contributed by atoms with Crippen LogP contribution in [-0.2, 0) is 4.79 Å². The van der Waals surface area contributed by atoms with Gasteiger partial charge in [-0.2, -0.15) is 0 Å². The van der Waals surface area contributed by atoms with Crippen molar-refractivity contribution < 1.29 is 14.3 Å². The molecule has 1 heterocycles. The lowest BCUT2D eigenvalue weighted by Gasteiger charge is -2.06. The predicted octanol–water partition coefficient (Wildman–Crippen LogP) is 1.37. The highest BCUT2D eigenvalue weighted by Crippen LogP contribution is 2.10. The number of urea groups is 1. The summed E-state index contributed by atoms with van der Waals surface area (Å²) < 4.78 is 4.86. The smallest absolute Gasteiger partial charge is 0.325 e. The van der Waals surface area contributed by atoms with E-state index in [9.17, 15) is 9.59 Å². The molecule has 6 nitrogen and oxygen atoms in total. The third-order valence-corrected chi connectivity index (χ3v) is 1.97. The Bertz CT molecular complexity index is 394. The number of aromatic nitrogens is 1. The Kier molecular flexibility index (Phi) is 5.22. The molecule has 0 aliphatic carbocycles. The summed E-state index contributed by atoms with van der Waals surface area (Å²) >= 11 is 5.36. The SMILES string of the molecule is COc1ccc(NC(=O)NC(=O)CCCl)cn1. The van der Waals surface area contributed by atoms with Crippen LogP contribution in [-0.4, -0.2) is 29.9 Å². The summed E-state index contributed by atoms with van der Waals surface area (Å²) in [6.45, 7) is 0. The maximum atomic E-state index is 11.3. The Morgan fingerprint density at radius 2 is 2.24 bits per heavy atom. The van der Waals surface area contributed by atoms with Crippen LogP contribution in [0.2, 0.25) is 0 Å². The summed E-state index contributed by atoms with van der Waals surface area (Å²) in [4.78, 5) is 26.3. The average Bonchev–Trinajstić information content (AvgIpc) is 2.30. The van der Waals surface area contributed by atoms with Crippen molar-refractivity contribution in [3.8, 4) is 5.88 Å². The number of nitrogens with one attached hydrogen (secondary N) is 2. The molecule has 92 valence electrons. The number of carbonyl (C=O) groups is 2. The van der Waals surface area contributed by atoms with E-state index >= 15 is 0 Å². The number of alkyl halides is 1. The van der Waals surface area contributed by atoms with Crippen molar-refractivity contribution in [2.24, 2.45) is 0 Å². The van der Waals surface area contributed by atoms with Gasteiger partial charge in [0.05, 0.1) is 19.0 Å². The molecule has 7 heteroatoms. The molecule has 1 aromatic heterocycles. The van der Waals surface area contributed by atoms with Gasteiger partial charge >= 0.3 is 6.03 Å². The zero-order chi connectivity index (χ0) is 12.7. The first-order valence-corrected chi connectivity index (χ1v) is 5.36. The van der Waals surface area contributed by atoms with Gasteiger partial charge in [0.2, 0.25) is 11.8 Å². The van der Waals surface area contributed by atoms with E-state index in [0.717, 1.165) is 0 Å². The van der Waals surface area contributed by atoms with Crippen LogP contribution in [0.25, 0.3) is 0 Å². The zero-order valence-electron chi connectivity index (χ0n) is 9.20. The van der Waals surface area contributed by atoms with Crippen LogP contribution in [0, 0.1) is 0 Å². The van der Waals surface area contributed by atoms with Gasteiger partial charge in [0.15, 0.2) is 0 Å². The van der Waals surface area contributed by atoms with E-state index in [1.807, 2.05) is 0 Å². The Labute approximate surface area is 103 Å². The number of imide groups is 1. The highest BCUT2D eigenvalue weighted by molar-refractivity contribution is 6.19. The molecule has 0 aliphatic rings. The topological polar surface area (TPSA) is 80.3 Å². The molecule has 0 bridgehead atoms. The number of carbonyl (C=O) groups excluding carboxylic acids is 2. The van der Waals surface area contributed by atoms with Gasteiger partial charge in [-0.05, 0) is 6.07 Å². The second kappa shape index (κ2) is 6.70. The Morgan fingerprint density at radius 3 is 2.76 bits per heavy atom. The second-order valence-electron chi connectivity index (χ2n) is 3.03. The molecule has 0 saturated carbocycles. The fraction of sp³-hybridized carbons (Fsp3) is 0.300. The van der Waals surface area contributed by atoms with E-state index < -0.39 is 11.9 Å². The maximum Gasteiger partial charge on any atom is 0.325 e. The van der Waals surface area contributed by atoms with Crippen LogP contribution < -0.4 is 15.4 Å². The monoisotopic (exact) mass is 257 g/mol. The van der Waals surface area contributed by atoms with Crippen molar-refractivity contribution >= 4 is 29.2 Å². The summed E-state index contributed by atoms with van der Waals surface area (Å²) in [5.74, 6) is 0.177. The molecule has 0 saturated heterocycles. The standard InChI is InChI=1S/C10H12ClN3O3/c1-17-9-3-2-7(6-12-9)13-10(16)14-8(15)4-5-11/h2-3,6H,4-5H2,1H3,(H2,13,14,15,16). The minimum absolute atomic E-state index is 0.0931. The number of amides is 3. The summed E-state index contributed by atoms with van der Waals surface area (Å²) in [7, 11) is 1.49. The van der Waals surface area contributed by atoms with Gasteiger partial charge in [-0.3, -0.25) is 10.1 Å². The lowest BCUT2D eigenvalue weighted by atomic mass is 10.4. The molecule has 1 aromatic rings. The molecule has 0 aromatic carbocycles. The van der Waals surface area contributed by atoms with Crippen LogP contribution >= 0.6 is 11.6 Å². The van der Waals surface area contributed by atoms with Crippen LogP contribution in [0.3, 0.4) is 0 Å². The number of pyridine rings is 1. The summed E-state index contributed by atoms with van der Waals surface area (Å²) in [6.07, 6.45) is 1.51. The van der Waals surface area contributed by atoms with Crippen LogP contribution in [0.4, 0.5) is 10.5 Å². The minimum atomic E-state index is -0.618. The third-order valence-electron chi connectivity index (χ3n) is 1.78. The van der Waals surface area contributed by atoms with Crippen molar-refractivity contribution in [3.05, 3.63) is 18.3 Å². The zero-order valence-corrected chi connectivity index (χ0v) is 9.95. The molecule has 0 spiro atoms. The number of nitrogens with zero attached hydrogens (tertiary/aromatic N) is 1. The molecule has 0 fully saturated rings. The number of hydrogen-bond donors (Lipinski definition) is 2. The van der Waals surface area contributed by atoms with Crippen molar-refractivity contribution in [2.75, 3.05) is 18.3 Å². The third kappa shape index (κ3) is 4.69. The number of rotatable bonds is 4. The lowest BCUT2D eigenvalue weighted by Crippen LogP contribution is -2.34. The number of hydrogen-bond acceptors (Lipinski definition) is 4. The molecule has 0 radical (unpaired) electrons. The summed E-state index contributed by atoms with van der Waals surface area (Å²) in [5.41, 5.74) is 0.460. The van der Waals surface area contributed by atoms with Gasteiger partial charge in [-0.1, -0.05) is 0 Å². The number of anilines is 1. The number of halogens is 1. The van der Waals surface area contributed by atoms with Gasteiger partial charge in [0.1, 0.15) is 0 Å². The predicted molar refractivity (Wildman–Crippen MR) is 63.3 cm³/mol. The molecule has 0 unspecified atom stereocenters. The molecular formula is C10H12ClN3O3. The average molecular weight is 258 g/mol. The van der Waals surface area contributed by atoms with Crippen LogP contribution in [0.1, 0.15) is 6.42 Å². The van der Waals surface area contributed by atoms with Crippen molar-refractivity contribution in [2.45, 2.75) is 6.42 Å². The van der Waals surface area contributed by atoms with E-state index in [-0.39, 0.29) is 12.3 Å². The molecular weight excluding hydrogens is 246 g/mol. The van der Waals surface area contributed by atoms with E-state index in [0.29, 0.717) is 11.6 Å². The van der Waals surface area contributed by atoms with E-state index in [2.05, 4.69) is 15.6 Å². The highest BCUT2D eigenvalue weighted by Gasteiger charge is 2.07. The normalized spacial score (nSPS) is 9.53. The lowest BCUT2D eigenvalue weighted by molar-refractivity contribution is -0.119. The van der Waals surface area contributed by atoms with Gasteiger partial charge < -0.3 is 10.1 Å². The molecule has 3 amide bonds. The quantitative estimate of drug-likeness (QED) is 0.799. The first kappa shape index (κ1) is 13.2. The van der Waals surface area contributed by atoms with Gasteiger partial charge in [-0.15, -0.1) is 11.6 Å². The molecule has 0 aliphatic heterocycles. The molecule has 1 rings (SSSR count).